The Morgan fingerprint density at radius 3 is 2.31 bits per heavy atom. The molecule has 16 heavy (non-hydrogen) atoms. The monoisotopic (exact) mass is 226 g/mol. The molecule has 0 aliphatic rings. The maximum absolute atomic E-state index is 11.3. The van der Waals surface area contributed by atoms with Gasteiger partial charge in [0.05, 0.1) is 12.2 Å². The molecule has 1 aromatic carbocycles. The minimum atomic E-state index is -0.335. The SMILES string of the molecule is CCCCOC(=O)c1ccc(O)cc1.CO. The van der Waals surface area contributed by atoms with E-state index in [1.807, 2.05) is 6.92 Å². The first-order valence-corrected chi connectivity index (χ1v) is 5.15. The summed E-state index contributed by atoms with van der Waals surface area (Å²) in [6, 6.07) is 6.03. The van der Waals surface area contributed by atoms with Gasteiger partial charge in [0.25, 0.3) is 0 Å². The van der Waals surface area contributed by atoms with Crippen LogP contribution >= 0.6 is 0 Å². The second-order valence-electron chi connectivity index (χ2n) is 3.04. The number of benzene rings is 1. The molecule has 0 radical (unpaired) electrons. The van der Waals surface area contributed by atoms with Crippen molar-refractivity contribution in [2.75, 3.05) is 13.7 Å². The number of carbonyl (C=O) groups is 1. The standard InChI is InChI=1S/C11H14O3.CH4O/c1-2-3-8-14-11(13)9-4-6-10(12)7-5-9;1-2/h4-7,12H,2-3,8H2,1H3;2H,1H3. The average molecular weight is 226 g/mol. The third-order valence-corrected chi connectivity index (χ3v) is 1.83. The number of esters is 1. The minimum Gasteiger partial charge on any atom is -0.508 e. The molecule has 0 unspecified atom stereocenters. The molecule has 0 heterocycles. The smallest absolute Gasteiger partial charge is 0.338 e. The molecule has 0 fully saturated rings. The molecule has 1 rings (SSSR count). The Bertz CT molecular complexity index is 292. The van der Waals surface area contributed by atoms with Crippen LogP contribution in [0.15, 0.2) is 24.3 Å². The molecule has 0 bridgehead atoms. The second kappa shape index (κ2) is 8.73. The fourth-order valence-corrected chi connectivity index (χ4v) is 0.990. The van der Waals surface area contributed by atoms with Crippen molar-refractivity contribution in [2.24, 2.45) is 0 Å². The van der Waals surface area contributed by atoms with Gasteiger partial charge in [-0.25, -0.2) is 4.79 Å². The molecular formula is C12H18O4. The Morgan fingerprint density at radius 2 is 1.81 bits per heavy atom. The summed E-state index contributed by atoms with van der Waals surface area (Å²) in [6.45, 7) is 2.49. The lowest BCUT2D eigenvalue weighted by Gasteiger charge is -2.03. The van der Waals surface area contributed by atoms with Crippen LogP contribution in [0.4, 0.5) is 0 Å². The van der Waals surface area contributed by atoms with Gasteiger partial charge in [0, 0.05) is 7.11 Å². The van der Waals surface area contributed by atoms with E-state index in [2.05, 4.69) is 0 Å². The highest BCUT2D eigenvalue weighted by Crippen LogP contribution is 2.10. The number of hydrogen-bond acceptors (Lipinski definition) is 4. The summed E-state index contributed by atoms with van der Waals surface area (Å²) in [6.07, 6.45) is 1.88. The molecule has 0 aromatic heterocycles. The van der Waals surface area contributed by atoms with E-state index in [-0.39, 0.29) is 11.7 Å². The lowest BCUT2D eigenvalue weighted by molar-refractivity contribution is 0.0500. The molecular weight excluding hydrogens is 208 g/mol. The van der Waals surface area contributed by atoms with Crippen molar-refractivity contribution in [3.8, 4) is 5.75 Å². The van der Waals surface area contributed by atoms with Crippen LogP contribution in [-0.4, -0.2) is 29.9 Å². The molecule has 0 atom stereocenters. The molecule has 1 aromatic rings. The Kier molecular flexibility index (Phi) is 7.89. The van der Waals surface area contributed by atoms with Crippen LogP contribution in [0.3, 0.4) is 0 Å². The van der Waals surface area contributed by atoms with E-state index in [9.17, 15) is 4.79 Å². The van der Waals surface area contributed by atoms with Crippen molar-refractivity contribution < 1.29 is 19.7 Å². The zero-order valence-corrected chi connectivity index (χ0v) is 9.64. The van der Waals surface area contributed by atoms with E-state index < -0.39 is 0 Å². The predicted molar refractivity (Wildman–Crippen MR) is 61.4 cm³/mol. The summed E-state index contributed by atoms with van der Waals surface area (Å²) in [4.78, 5) is 11.3. The molecule has 0 amide bonds. The number of hydrogen-bond donors (Lipinski definition) is 2. The van der Waals surface area contributed by atoms with Gasteiger partial charge in [-0.2, -0.15) is 0 Å². The Morgan fingerprint density at radius 1 is 1.25 bits per heavy atom. The highest BCUT2D eigenvalue weighted by atomic mass is 16.5. The van der Waals surface area contributed by atoms with Crippen LogP contribution in [0.1, 0.15) is 30.1 Å². The summed E-state index contributed by atoms with van der Waals surface area (Å²) < 4.78 is 4.99. The largest absolute Gasteiger partial charge is 0.508 e. The lowest BCUT2D eigenvalue weighted by Crippen LogP contribution is -2.05. The first-order valence-electron chi connectivity index (χ1n) is 5.15. The Balaban J connectivity index is 0.00000106. The zero-order chi connectivity index (χ0) is 12.4. The maximum atomic E-state index is 11.3. The minimum absolute atomic E-state index is 0.148. The van der Waals surface area contributed by atoms with E-state index in [0.717, 1.165) is 20.0 Å². The van der Waals surface area contributed by atoms with Crippen LogP contribution in [0.2, 0.25) is 0 Å². The first-order chi connectivity index (χ1) is 7.74. The quantitative estimate of drug-likeness (QED) is 0.608. The number of rotatable bonds is 4. The highest BCUT2D eigenvalue weighted by Gasteiger charge is 2.05. The number of phenolic OH excluding ortho intramolecular Hbond substituents is 1. The lowest BCUT2D eigenvalue weighted by atomic mass is 10.2. The van der Waals surface area contributed by atoms with E-state index in [4.69, 9.17) is 14.9 Å². The number of phenols is 1. The molecule has 0 spiro atoms. The van der Waals surface area contributed by atoms with Crippen molar-refractivity contribution in [2.45, 2.75) is 19.8 Å². The van der Waals surface area contributed by atoms with E-state index in [0.29, 0.717) is 12.2 Å². The summed E-state index contributed by atoms with van der Waals surface area (Å²) in [7, 11) is 1.00. The van der Waals surface area contributed by atoms with Crippen LogP contribution in [-0.2, 0) is 4.74 Å². The fourth-order valence-electron chi connectivity index (χ4n) is 0.990. The number of ether oxygens (including phenoxy) is 1. The van der Waals surface area contributed by atoms with Crippen LogP contribution in [0.25, 0.3) is 0 Å². The summed E-state index contributed by atoms with van der Waals surface area (Å²) >= 11 is 0. The first kappa shape index (κ1) is 14.5. The number of carbonyl (C=O) groups excluding carboxylic acids is 1. The molecule has 0 saturated heterocycles. The van der Waals surface area contributed by atoms with Crippen molar-refractivity contribution in [3.63, 3.8) is 0 Å². The summed E-state index contributed by atoms with van der Waals surface area (Å²) in [5, 5.41) is 16.0. The number of aromatic hydroxyl groups is 1. The Hall–Kier alpha value is -1.55. The zero-order valence-electron chi connectivity index (χ0n) is 9.64. The number of aliphatic hydroxyl groups excluding tert-OH is 1. The van der Waals surface area contributed by atoms with Gasteiger partial charge in [0.2, 0.25) is 0 Å². The van der Waals surface area contributed by atoms with Gasteiger partial charge in [-0.3, -0.25) is 0 Å². The normalized spacial score (nSPS) is 8.94. The topological polar surface area (TPSA) is 66.8 Å². The number of aliphatic hydroxyl groups is 1. The van der Waals surface area contributed by atoms with Gasteiger partial charge in [-0.1, -0.05) is 13.3 Å². The molecule has 4 heteroatoms. The van der Waals surface area contributed by atoms with Gasteiger partial charge in [-0.15, -0.1) is 0 Å². The van der Waals surface area contributed by atoms with E-state index in [1.165, 1.54) is 12.1 Å². The third kappa shape index (κ3) is 5.36. The molecule has 0 aliphatic heterocycles. The molecule has 0 saturated carbocycles. The van der Waals surface area contributed by atoms with Gasteiger partial charge < -0.3 is 14.9 Å². The van der Waals surface area contributed by atoms with Crippen molar-refractivity contribution in [1.82, 2.24) is 0 Å². The van der Waals surface area contributed by atoms with Gasteiger partial charge >= 0.3 is 5.97 Å². The predicted octanol–water partition coefficient (Wildman–Crippen LogP) is 1.96. The van der Waals surface area contributed by atoms with Crippen LogP contribution in [0, 0.1) is 0 Å². The number of unbranched alkanes of at least 4 members (excludes halogenated alkanes) is 1. The molecule has 4 nitrogen and oxygen atoms in total. The summed E-state index contributed by atoms with van der Waals surface area (Å²) in [5.41, 5.74) is 0.471. The summed E-state index contributed by atoms with van der Waals surface area (Å²) in [5.74, 6) is -0.187. The fraction of sp³-hybridized carbons (Fsp3) is 0.417. The third-order valence-electron chi connectivity index (χ3n) is 1.83. The molecule has 2 N–H and O–H groups in total. The van der Waals surface area contributed by atoms with Crippen LogP contribution < -0.4 is 0 Å². The molecule has 90 valence electrons. The second-order valence-corrected chi connectivity index (χ2v) is 3.04. The van der Waals surface area contributed by atoms with E-state index in [1.54, 1.807) is 12.1 Å². The van der Waals surface area contributed by atoms with Crippen molar-refractivity contribution in [3.05, 3.63) is 29.8 Å². The van der Waals surface area contributed by atoms with Gasteiger partial charge in [0.15, 0.2) is 0 Å². The highest BCUT2D eigenvalue weighted by molar-refractivity contribution is 5.89. The van der Waals surface area contributed by atoms with Crippen molar-refractivity contribution in [1.29, 1.82) is 0 Å². The van der Waals surface area contributed by atoms with Crippen LogP contribution in [0.5, 0.6) is 5.75 Å². The Labute approximate surface area is 95.5 Å². The van der Waals surface area contributed by atoms with Crippen molar-refractivity contribution >= 4 is 5.97 Å². The maximum Gasteiger partial charge on any atom is 0.338 e. The average Bonchev–Trinajstić information content (AvgIpc) is 2.33. The van der Waals surface area contributed by atoms with Gasteiger partial charge in [0.1, 0.15) is 5.75 Å². The van der Waals surface area contributed by atoms with E-state index >= 15 is 0 Å². The molecule has 0 aliphatic carbocycles. The van der Waals surface area contributed by atoms with Gasteiger partial charge in [-0.05, 0) is 30.7 Å².